The normalized spacial score (nSPS) is 10.5. The molecule has 100 valence electrons. The minimum atomic E-state index is -0.386. The van der Waals surface area contributed by atoms with Gasteiger partial charge in [-0.2, -0.15) is 0 Å². The number of nitrogens with zero attached hydrogens (tertiary/aromatic N) is 3. The molecular formula is C13H13BrFN3O. The van der Waals surface area contributed by atoms with Crippen LogP contribution in [0.4, 0.5) is 4.39 Å². The molecule has 1 amide bonds. The Bertz CT molecular complexity index is 612. The van der Waals surface area contributed by atoms with Gasteiger partial charge in [-0.15, -0.1) is 0 Å². The van der Waals surface area contributed by atoms with Crippen molar-refractivity contribution in [3.63, 3.8) is 0 Å². The number of rotatable bonds is 3. The fourth-order valence-electron chi connectivity index (χ4n) is 1.68. The lowest BCUT2D eigenvalue weighted by molar-refractivity contribution is 0.0780. The largest absolute Gasteiger partial charge is 0.337 e. The molecule has 0 fully saturated rings. The second-order valence-corrected chi connectivity index (χ2v) is 5.10. The summed E-state index contributed by atoms with van der Waals surface area (Å²) in [5.41, 5.74) is 0.435. The highest BCUT2D eigenvalue weighted by Crippen LogP contribution is 2.18. The van der Waals surface area contributed by atoms with E-state index in [2.05, 4.69) is 20.9 Å². The average molecular weight is 326 g/mol. The summed E-state index contributed by atoms with van der Waals surface area (Å²) in [4.78, 5) is 17.9. The van der Waals surface area contributed by atoms with E-state index in [9.17, 15) is 9.18 Å². The molecule has 1 heterocycles. The summed E-state index contributed by atoms with van der Waals surface area (Å²) >= 11 is 3.07. The van der Waals surface area contributed by atoms with Crippen LogP contribution in [0.2, 0.25) is 0 Å². The third-order valence-corrected chi connectivity index (χ3v) is 3.42. The summed E-state index contributed by atoms with van der Waals surface area (Å²) in [5, 5.41) is 0. The average Bonchev–Trinajstić information content (AvgIpc) is 2.77. The topological polar surface area (TPSA) is 38.1 Å². The van der Waals surface area contributed by atoms with Crippen LogP contribution in [-0.4, -0.2) is 27.4 Å². The van der Waals surface area contributed by atoms with Gasteiger partial charge >= 0.3 is 0 Å². The Morgan fingerprint density at radius 3 is 2.84 bits per heavy atom. The number of aromatic nitrogens is 2. The summed E-state index contributed by atoms with van der Waals surface area (Å²) in [7, 11) is 3.56. The van der Waals surface area contributed by atoms with Gasteiger partial charge in [0.25, 0.3) is 5.91 Å². The van der Waals surface area contributed by atoms with Crippen LogP contribution >= 0.6 is 15.9 Å². The molecular weight excluding hydrogens is 313 g/mol. The zero-order chi connectivity index (χ0) is 14.0. The van der Waals surface area contributed by atoms with Crippen molar-refractivity contribution in [2.24, 2.45) is 7.05 Å². The van der Waals surface area contributed by atoms with Crippen LogP contribution in [0, 0.1) is 5.82 Å². The quantitative estimate of drug-likeness (QED) is 0.870. The third kappa shape index (κ3) is 3.01. The van der Waals surface area contributed by atoms with E-state index in [1.165, 1.54) is 18.2 Å². The van der Waals surface area contributed by atoms with Crippen molar-refractivity contribution >= 4 is 21.8 Å². The summed E-state index contributed by atoms with van der Waals surface area (Å²) in [5.74, 6) is 0.226. The molecule has 6 heteroatoms. The van der Waals surface area contributed by atoms with Crippen molar-refractivity contribution in [3.05, 3.63) is 52.3 Å². The Morgan fingerprint density at radius 1 is 1.53 bits per heavy atom. The van der Waals surface area contributed by atoms with E-state index in [4.69, 9.17) is 0 Å². The first-order valence-corrected chi connectivity index (χ1v) is 6.45. The van der Waals surface area contributed by atoms with Crippen LogP contribution < -0.4 is 0 Å². The fourth-order valence-corrected chi connectivity index (χ4v) is 2.06. The number of hydrogen-bond acceptors (Lipinski definition) is 2. The number of halogens is 2. The molecule has 0 radical (unpaired) electrons. The molecule has 0 saturated carbocycles. The van der Waals surface area contributed by atoms with Gasteiger partial charge in [-0.1, -0.05) is 0 Å². The smallest absolute Gasteiger partial charge is 0.254 e. The number of carbonyl (C=O) groups is 1. The first-order valence-electron chi connectivity index (χ1n) is 5.65. The standard InChI is InChI=1S/C13H13BrFN3O/c1-17-6-5-16-12(17)8-18(2)13(19)9-3-4-11(15)10(14)7-9/h3-7H,8H2,1-2H3. The van der Waals surface area contributed by atoms with E-state index >= 15 is 0 Å². The molecule has 4 nitrogen and oxygen atoms in total. The Balaban J connectivity index is 2.15. The van der Waals surface area contributed by atoms with E-state index in [1.807, 2.05) is 17.8 Å². The van der Waals surface area contributed by atoms with Gasteiger partial charge in [0.2, 0.25) is 0 Å². The summed E-state index contributed by atoms with van der Waals surface area (Å²) in [6.07, 6.45) is 3.50. The second-order valence-electron chi connectivity index (χ2n) is 4.24. The highest BCUT2D eigenvalue weighted by molar-refractivity contribution is 9.10. The molecule has 0 bridgehead atoms. The van der Waals surface area contributed by atoms with E-state index in [1.54, 1.807) is 18.1 Å². The molecule has 0 aliphatic heterocycles. The number of aryl methyl sites for hydroxylation is 1. The molecule has 19 heavy (non-hydrogen) atoms. The van der Waals surface area contributed by atoms with E-state index in [-0.39, 0.29) is 16.2 Å². The first kappa shape index (κ1) is 13.7. The fraction of sp³-hybridized carbons (Fsp3) is 0.231. The predicted molar refractivity (Wildman–Crippen MR) is 73.1 cm³/mol. The third-order valence-electron chi connectivity index (χ3n) is 2.81. The van der Waals surface area contributed by atoms with Gasteiger partial charge in [0.15, 0.2) is 0 Å². The molecule has 1 aromatic heterocycles. The maximum atomic E-state index is 13.1. The van der Waals surface area contributed by atoms with Gasteiger partial charge < -0.3 is 9.47 Å². The van der Waals surface area contributed by atoms with E-state index in [0.717, 1.165) is 5.82 Å². The molecule has 0 unspecified atom stereocenters. The maximum absolute atomic E-state index is 13.1. The molecule has 0 spiro atoms. The Kier molecular flexibility index (Phi) is 3.99. The molecule has 0 aliphatic rings. The van der Waals surface area contributed by atoms with Gasteiger partial charge in [-0.05, 0) is 34.1 Å². The molecule has 2 rings (SSSR count). The van der Waals surface area contributed by atoms with Crippen LogP contribution in [0.3, 0.4) is 0 Å². The molecule has 0 atom stereocenters. The molecule has 1 aromatic carbocycles. The zero-order valence-electron chi connectivity index (χ0n) is 10.6. The second kappa shape index (κ2) is 5.52. The van der Waals surface area contributed by atoms with Crippen LogP contribution in [0.5, 0.6) is 0 Å². The molecule has 0 saturated heterocycles. The highest BCUT2D eigenvalue weighted by Gasteiger charge is 2.15. The van der Waals surface area contributed by atoms with Crippen LogP contribution in [0.15, 0.2) is 35.1 Å². The van der Waals surface area contributed by atoms with Crippen molar-refractivity contribution in [3.8, 4) is 0 Å². The number of benzene rings is 1. The van der Waals surface area contributed by atoms with Crippen molar-refractivity contribution in [2.45, 2.75) is 6.54 Å². The predicted octanol–water partition coefficient (Wildman–Crippen LogP) is 2.59. The highest BCUT2D eigenvalue weighted by atomic mass is 79.9. The van der Waals surface area contributed by atoms with Gasteiger partial charge in [0, 0.05) is 32.1 Å². The molecule has 2 aromatic rings. The van der Waals surface area contributed by atoms with Crippen LogP contribution in [0.1, 0.15) is 16.2 Å². The van der Waals surface area contributed by atoms with Gasteiger partial charge in [-0.25, -0.2) is 9.37 Å². The lowest BCUT2D eigenvalue weighted by Crippen LogP contribution is -2.27. The number of imidazole rings is 1. The minimum Gasteiger partial charge on any atom is -0.337 e. The summed E-state index contributed by atoms with van der Waals surface area (Å²) < 4.78 is 15.3. The first-order chi connectivity index (χ1) is 8.99. The number of amides is 1. The Morgan fingerprint density at radius 2 is 2.26 bits per heavy atom. The summed E-state index contributed by atoms with van der Waals surface area (Å²) in [6, 6.07) is 4.22. The van der Waals surface area contributed by atoms with Gasteiger partial charge in [0.1, 0.15) is 11.6 Å². The SMILES string of the molecule is CN(Cc1nccn1C)C(=O)c1ccc(F)c(Br)c1. The lowest BCUT2D eigenvalue weighted by atomic mass is 10.2. The lowest BCUT2D eigenvalue weighted by Gasteiger charge is -2.17. The monoisotopic (exact) mass is 325 g/mol. The van der Waals surface area contributed by atoms with Crippen molar-refractivity contribution in [1.82, 2.24) is 14.5 Å². The van der Waals surface area contributed by atoms with Crippen molar-refractivity contribution < 1.29 is 9.18 Å². The van der Waals surface area contributed by atoms with Crippen LogP contribution in [0.25, 0.3) is 0 Å². The number of carbonyl (C=O) groups excluding carboxylic acids is 1. The maximum Gasteiger partial charge on any atom is 0.254 e. The van der Waals surface area contributed by atoms with Gasteiger partial charge in [0.05, 0.1) is 11.0 Å². The van der Waals surface area contributed by atoms with E-state index < -0.39 is 0 Å². The Labute approximate surface area is 119 Å². The molecule has 0 N–H and O–H groups in total. The zero-order valence-corrected chi connectivity index (χ0v) is 12.2. The number of hydrogen-bond donors (Lipinski definition) is 0. The van der Waals surface area contributed by atoms with Crippen LogP contribution in [-0.2, 0) is 13.6 Å². The van der Waals surface area contributed by atoms with Gasteiger partial charge in [-0.3, -0.25) is 4.79 Å². The van der Waals surface area contributed by atoms with Crippen molar-refractivity contribution in [2.75, 3.05) is 7.05 Å². The minimum absolute atomic E-state index is 0.177. The van der Waals surface area contributed by atoms with E-state index in [0.29, 0.717) is 12.1 Å². The van der Waals surface area contributed by atoms with Crippen molar-refractivity contribution in [1.29, 1.82) is 0 Å². The Hall–Kier alpha value is -1.69. The molecule has 0 aliphatic carbocycles. The summed E-state index contributed by atoms with van der Waals surface area (Å²) in [6.45, 7) is 0.400.